The number of nitrogens with one attached hydrogen (secondary N) is 2. The number of aromatic carboxylic acids is 1. The van der Waals surface area contributed by atoms with Crippen molar-refractivity contribution in [3.63, 3.8) is 0 Å². The predicted octanol–water partition coefficient (Wildman–Crippen LogP) is 0.989. The van der Waals surface area contributed by atoms with E-state index in [0.29, 0.717) is 5.56 Å². The lowest BCUT2D eigenvalue weighted by atomic mass is 10.2. The standard InChI is InChI=1S/C9H8N2O2/c1-5-10-7-3-2-6(9(12)13)4-8(7)11-5/h2-4H,1H3,(H,10,11)(H,12,13)/p+1. The minimum atomic E-state index is -0.908. The summed E-state index contributed by atoms with van der Waals surface area (Å²) in [5.74, 6) is 0.00620. The third-order valence-corrected chi connectivity index (χ3v) is 1.91. The molecule has 3 N–H and O–H groups in total. The molecule has 2 rings (SSSR count). The Balaban J connectivity index is 2.67. The molecular weight excluding hydrogens is 168 g/mol. The van der Waals surface area contributed by atoms with Crippen LogP contribution in [0.3, 0.4) is 0 Å². The van der Waals surface area contributed by atoms with Crippen molar-refractivity contribution in [2.24, 2.45) is 0 Å². The zero-order valence-electron chi connectivity index (χ0n) is 7.09. The van der Waals surface area contributed by atoms with E-state index in [9.17, 15) is 4.79 Å². The largest absolute Gasteiger partial charge is 0.478 e. The van der Waals surface area contributed by atoms with Gasteiger partial charge in [-0.1, -0.05) is 0 Å². The molecule has 0 bridgehead atoms. The van der Waals surface area contributed by atoms with Crippen molar-refractivity contribution in [3.05, 3.63) is 29.6 Å². The van der Waals surface area contributed by atoms with E-state index in [-0.39, 0.29) is 0 Å². The third kappa shape index (κ3) is 1.26. The van der Waals surface area contributed by atoms with Crippen molar-refractivity contribution in [2.45, 2.75) is 6.92 Å². The number of aromatic nitrogens is 2. The molecule has 0 aliphatic carbocycles. The van der Waals surface area contributed by atoms with Crippen LogP contribution < -0.4 is 4.98 Å². The van der Waals surface area contributed by atoms with Gasteiger partial charge in [0, 0.05) is 13.0 Å². The SMILES string of the molecule is Cc1[nH]c2cc(C(=O)O)ccc2[nH+]1. The Morgan fingerprint density at radius 2 is 2.31 bits per heavy atom. The van der Waals surface area contributed by atoms with Crippen LogP contribution >= 0.6 is 0 Å². The number of aryl methyl sites for hydroxylation is 1. The molecular formula is C9H9N2O2+. The van der Waals surface area contributed by atoms with E-state index in [1.807, 2.05) is 6.92 Å². The number of fused-ring (bicyclic) bond motifs is 1. The van der Waals surface area contributed by atoms with E-state index >= 15 is 0 Å². The molecule has 13 heavy (non-hydrogen) atoms. The molecule has 1 aromatic heterocycles. The van der Waals surface area contributed by atoms with Crippen LogP contribution in [0.25, 0.3) is 11.0 Å². The highest BCUT2D eigenvalue weighted by atomic mass is 16.4. The first-order valence-corrected chi connectivity index (χ1v) is 3.92. The van der Waals surface area contributed by atoms with E-state index in [1.165, 1.54) is 0 Å². The van der Waals surface area contributed by atoms with E-state index in [2.05, 4.69) is 9.97 Å². The maximum absolute atomic E-state index is 10.6. The summed E-state index contributed by atoms with van der Waals surface area (Å²) in [6.45, 7) is 1.89. The first-order chi connectivity index (χ1) is 6.16. The summed E-state index contributed by atoms with van der Waals surface area (Å²) < 4.78 is 0. The Bertz CT molecular complexity index is 473. The minimum absolute atomic E-state index is 0.294. The molecule has 4 nitrogen and oxygen atoms in total. The summed E-state index contributed by atoms with van der Waals surface area (Å²) in [7, 11) is 0. The van der Waals surface area contributed by atoms with Crippen molar-refractivity contribution in [1.29, 1.82) is 0 Å². The summed E-state index contributed by atoms with van der Waals surface area (Å²) in [5, 5.41) is 8.73. The molecule has 0 saturated heterocycles. The highest BCUT2D eigenvalue weighted by Gasteiger charge is 2.09. The van der Waals surface area contributed by atoms with Crippen molar-refractivity contribution in [3.8, 4) is 0 Å². The fourth-order valence-corrected chi connectivity index (χ4v) is 1.32. The number of rotatable bonds is 1. The Kier molecular flexibility index (Phi) is 1.55. The molecule has 0 aliphatic rings. The number of imidazole rings is 1. The fraction of sp³-hybridized carbons (Fsp3) is 0.111. The van der Waals surface area contributed by atoms with Gasteiger partial charge in [0.15, 0.2) is 11.0 Å². The summed E-state index contributed by atoms with van der Waals surface area (Å²) in [6.07, 6.45) is 0. The average molecular weight is 177 g/mol. The molecule has 4 heteroatoms. The zero-order chi connectivity index (χ0) is 9.42. The number of aromatic amines is 2. The Hall–Kier alpha value is -1.84. The normalized spacial score (nSPS) is 10.5. The summed E-state index contributed by atoms with van der Waals surface area (Å²) in [5.41, 5.74) is 2.03. The van der Waals surface area contributed by atoms with Crippen LogP contribution in [0.4, 0.5) is 0 Å². The predicted molar refractivity (Wildman–Crippen MR) is 46.6 cm³/mol. The highest BCUT2D eigenvalue weighted by molar-refractivity contribution is 5.91. The van der Waals surface area contributed by atoms with Gasteiger partial charge in [0.25, 0.3) is 0 Å². The van der Waals surface area contributed by atoms with E-state index in [0.717, 1.165) is 16.9 Å². The second-order valence-electron chi connectivity index (χ2n) is 2.94. The fourth-order valence-electron chi connectivity index (χ4n) is 1.32. The molecule has 0 spiro atoms. The average Bonchev–Trinajstić information content (AvgIpc) is 2.42. The third-order valence-electron chi connectivity index (χ3n) is 1.91. The Morgan fingerprint density at radius 1 is 1.54 bits per heavy atom. The van der Waals surface area contributed by atoms with Gasteiger partial charge in [-0.15, -0.1) is 0 Å². The van der Waals surface area contributed by atoms with Gasteiger partial charge in [-0.05, 0) is 12.1 Å². The topological polar surface area (TPSA) is 67.2 Å². The van der Waals surface area contributed by atoms with Crippen LogP contribution in [0.15, 0.2) is 18.2 Å². The smallest absolute Gasteiger partial charge is 0.335 e. The van der Waals surface area contributed by atoms with Crippen molar-refractivity contribution in [1.82, 2.24) is 4.98 Å². The number of carbonyl (C=O) groups is 1. The first-order valence-electron chi connectivity index (χ1n) is 3.92. The van der Waals surface area contributed by atoms with Crippen molar-refractivity contribution >= 4 is 17.0 Å². The van der Waals surface area contributed by atoms with E-state index in [1.54, 1.807) is 18.2 Å². The van der Waals surface area contributed by atoms with Crippen LogP contribution in [0.2, 0.25) is 0 Å². The van der Waals surface area contributed by atoms with Gasteiger partial charge in [-0.2, -0.15) is 0 Å². The second kappa shape index (κ2) is 2.58. The summed E-state index contributed by atoms with van der Waals surface area (Å²) in [4.78, 5) is 16.7. The molecule has 66 valence electrons. The molecule has 0 aliphatic heterocycles. The van der Waals surface area contributed by atoms with Crippen molar-refractivity contribution in [2.75, 3.05) is 0 Å². The number of carboxylic acid groups (broad SMARTS) is 1. The molecule has 0 amide bonds. The number of benzene rings is 1. The monoisotopic (exact) mass is 177 g/mol. The molecule has 1 aromatic carbocycles. The van der Waals surface area contributed by atoms with Gasteiger partial charge in [0.1, 0.15) is 0 Å². The molecule has 0 fully saturated rings. The molecule has 0 radical (unpaired) electrons. The number of hydrogen-bond acceptors (Lipinski definition) is 1. The van der Waals surface area contributed by atoms with Gasteiger partial charge in [-0.3, -0.25) is 0 Å². The molecule has 0 saturated carbocycles. The molecule has 1 heterocycles. The lowest BCUT2D eigenvalue weighted by Gasteiger charge is -1.89. The minimum Gasteiger partial charge on any atom is -0.478 e. The maximum atomic E-state index is 10.6. The highest BCUT2D eigenvalue weighted by Crippen LogP contribution is 2.10. The lowest BCUT2D eigenvalue weighted by Crippen LogP contribution is -2.01. The van der Waals surface area contributed by atoms with E-state index < -0.39 is 5.97 Å². The number of hydrogen-bond donors (Lipinski definition) is 2. The van der Waals surface area contributed by atoms with Crippen molar-refractivity contribution < 1.29 is 14.9 Å². The van der Waals surface area contributed by atoms with E-state index in [4.69, 9.17) is 5.11 Å². The Labute approximate surface area is 74.2 Å². The summed E-state index contributed by atoms with van der Waals surface area (Å²) in [6, 6.07) is 4.94. The van der Waals surface area contributed by atoms with Gasteiger partial charge in [0.05, 0.1) is 5.56 Å². The summed E-state index contributed by atoms with van der Waals surface area (Å²) >= 11 is 0. The quantitative estimate of drug-likeness (QED) is 0.682. The zero-order valence-corrected chi connectivity index (χ0v) is 7.09. The van der Waals surface area contributed by atoms with Gasteiger partial charge < -0.3 is 5.11 Å². The molecule has 0 unspecified atom stereocenters. The molecule has 2 aromatic rings. The van der Waals surface area contributed by atoms with Crippen LogP contribution in [0.1, 0.15) is 16.2 Å². The Morgan fingerprint density at radius 3 is 3.00 bits per heavy atom. The van der Waals surface area contributed by atoms with Crippen LogP contribution in [0, 0.1) is 6.92 Å². The lowest BCUT2D eigenvalue weighted by molar-refractivity contribution is -0.354. The van der Waals surface area contributed by atoms with Gasteiger partial charge >= 0.3 is 5.97 Å². The maximum Gasteiger partial charge on any atom is 0.335 e. The van der Waals surface area contributed by atoms with Crippen LogP contribution in [-0.4, -0.2) is 16.1 Å². The van der Waals surface area contributed by atoms with Gasteiger partial charge in [-0.25, -0.2) is 14.8 Å². The number of carboxylic acids is 1. The van der Waals surface area contributed by atoms with Crippen LogP contribution in [0.5, 0.6) is 0 Å². The van der Waals surface area contributed by atoms with Gasteiger partial charge in [0.2, 0.25) is 5.82 Å². The number of H-pyrrole nitrogens is 2. The van der Waals surface area contributed by atoms with Crippen LogP contribution in [-0.2, 0) is 0 Å². The first kappa shape index (κ1) is 7.79. The molecule has 0 atom stereocenters. The second-order valence-corrected chi connectivity index (χ2v) is 2.94.